The van der Waals surface area contributed by atoms with Crippen LogP contribution in [0.5, 0.6) is 0 Å². The number of carbonyl (C=O) groups excluding carboxylic acids is 2. The fraction of sp³-hybridized carbons (Fsp3) is 0.436. The molecular weight excluding hydrogens is 614 g/mol. The van der Waals surface area contributed by atoms with Crippen LogP contribution in [0.25, 0.3) is 21.8 Å². The van der Waals surface area contributed by atoms with E-state index in [2.05, 4.69) is 64.0 Å². The molecule has 2 aliphatic heterocycles. The molecule has 0 saturated carbocycles. The smallest absolute Gasteiger partial charge is 0.306 e. The van der Waals surface area contributed by atoms with Gasteiger partial charge in [0.1, 0.15) is 12.1 Å². The fourth-order valence-electron chi connectivity index (χ4n) is 7.64. The predicted molar refractivity (Wildman–Crippen MR) is 189 cm³/mol. The first-order chi connectivity index (χ1) is 23.7. The minimum Gasteiger partial charge on any atom is -0.469 e. The number of benzene rings is 2. The molecule has 4 unspecified atom stereocenters. The summed E-state index contributed by atoms with van der Waals surface area (Å²) in [5.74, 6) is 1.44. The van der Waals surface area contributed by atoms with Crippen molar-refractivity contribution in [1.29, 1.82) is 10.5 Å². The molecule has 2 N–H and O–H groups in total. The lowest BCUT2D eigenvalue weighted by Gasteiger charge is -2.37. The highest BCUT2D eigenvalue weighted by atomic mass is 16.5. The number of primary amides is 1. The molecular formula is C39H45N7O3. The fourth-order valence-corrected chi connectivity index (χ4v) is 7.64. The highest BCUT2D eigenvalue weighted by molar-refractivity contribution is 5.88. The van der Waals surface area contributed by atoms with Gasteiger partial charge in [0.05, 0.1) is 35.7 Å². The van der Waals surface area contributed by atoms with Crippen molar-refractivity contribution in [1.82, 2.24) is 19.8 Å². The van der Waals surface area contributed by atoms with E-state index in [9.17, 15) is 20.1 Å². The number of amides is 1. The number of hydrogen-bond acceptors (Lipinski definition) is 9. The highest BCUT2D eigenvalue weighted by Crippen LogP contribution is 2.36. The van der Waals surface area contributed by atoms with E-state index in [-0.39, 0.29) is 11.9 Å². The number of nitriles is 2. The Bertz CT molecular complexity index is 1880. The number of rotatable bonds is 8. The Labute approximate surface area is 288 Å². The summed E-state index contributed by atoms with van der Waals surface area (Å²) < 4.78 is 4.76. The first-order valence-electron chi connectivity index (χ1n) is 17.1. The van der Waals surface area contributed by atoms with Gasteiger partial charge in [-0.1, -0.05) is 38.1 Å². The quantitative estimate of drug-likeness (QED) is 0.242. The Morgan fingerprint density at radius 1 is 0.776 bits per heavy atom. The molecule has 10 heteroatoms. The molecule has 2 aromatic heterocycles. The van der Waals surface area contributed by atoms with Crippen LogP contribution in [0.1, 0.15) is 73.6 Å². The molecule has 0 bridgehead atoms. The number of likely N-dealkylation sites (tertiary alicyclic amines) is 2. The van der Waals surface area contributed by atoms with Gasteiger partial charge in [0.2, 0.25) is 5.91 Å². The van der Waals surface area contributed by atoms with Crippen LogP contribution in [0.15, 0.2) is 60.9 Å². The van der Waals surface area contributed by atoms with Crippen molar-refractivity contribution < 1.29 is 14.3 Å². The number of esters is 1. The van der Waals surface area contributed by atoms with Gasteiger partial charge in [0, 0.05) is 68.9 Å². The number of ether oxygens (including phenoxy) is 1. The third kappa shape index (κ3) is 8.77. The molecule has 2 saturated heterocycles. The van der Waals surface area contributed by atoms with Crippen LogP contribution < -0.4 is 5.73 Å². The van der Waals surface area contributed by atoms with Gasteiger partial charge >= 0.3 is 5.97 Å². The standard InChI is InChI=1S/C20H23N3O2.C19H22N4O/c1-14-10-16(13-23(12-14)9-7-19(24)25-2)17-6-5-15(11-21)20-18(17)4-3-8-22-20;1-13-9-15(12-23(11-13)8-6-18(21)24)16-5-4-14(10-20)19-17(16)3-2-7-22-19/h3-6,8,14,16H,7,9-10,12-13H2,1-2H3;2-5,7,13,15H,6,8-9,11-12H2,1H3,(H2,21,24). The van der Waals surface area contributed by atoms with Crippen LogP contribution >= 0.6 is 0 Å². The van der Waals surface area contributed by atoms with E-state index in [4.69, 9.17) is 10.5 Å². The number of nitrogens with two attached hydrogens (primary N) is 1. The summed E-state index contributed by atoms with van der Waals surface area (Å²) in [6.45, 7) is 9.75. The predicted octanol–water partition coefficient (Wildman–Crippen LogP) is 5.50. The number of nitrogens with zero attached hydrogens (tertiary/aromatic N) is 6. The van der Waals surface area contributed by atoms with Gasteiger partial charge in [-0.25, -0.2) is 0 Å². The Balaban J connectivity index is 0.000000191. The minimum atomic E-state index is -0.252. The summed E-state index contributed by atoms with van der Waals surface area (Å²) in [5, 5.41) is 20.7. The maximum absolute atomic E-state index is 11.4. The summed E-state index contributed by atoms with van der Waals surface area (Å²) in [6, 6.07) is 20.3. The summed E-state index contributed by atoms with van der Waals surface area (Å²) >= 11 is 0. The Morgan fingerprint density at radius 2 is 1.24 bits per heavy atom. The van der Waals surface area contributed by atoms with Gasteiger partial charge < -0.3 is 20.3 Å². The number of aromatic nitrogens is 2. The molecule has 1 amide bonds. The molecule has 0 radical (unpaired) electrons. The van der Waals surface area contributed by atoms with E-state index >= 15 is 0 Å². The number of piperidine rings is 2. The molecule has 49 heavy (non-hydrogen) atoms. The van der Waals surface area contributed by atoms with E-state index in [1.165, 1.54) is 18.2 Å². The molecule has 4 heterocycles. The van der Waals surface area contributed by atoms with Crippen molar-refractivity contribution >= 4 is 33.7 Å². The van der Waals surface area contributed by atoms with E-state index in [1.807, 2.05) is 30.3 Å². The molecule has 6 rings (SSSR count). The average molecular weight is 660 g/mol. The van der Waals surface area contributed by atoms with E-state index in [1.54, 1.807) is 12.4 Å². The van der Waals surface area contributed by atoms with Crippen molar-refractivity contribution in [2.75, 3.05) is 46.4 Å². The second-order valence-electron chi connectivity index (χ2n) is 13.6. The van der Waals surface area contributed by atoms with Crippen molar-refractivity contribution in [2.45, 2.75) is 51.4 Å². The first kappa shape index (κ1) is 35.4. The zero-order chi connectivity index (χ0) is 34.9. The number of pyridine rings is 2. The molecule has 0 spiro atoms. The summed E-state index contributed by atoms with van der Waals surface area (Å²) in [7, 11) is 1.43. The third-order valence-electron chi connectivity index (χ3n) is 9.73. The van der Waals surface area contributed by atoms with Crippen molar-refractivity contribution in [3.05, 3.63) is 83.2 Å². The molecule has 4 aromatic rings. The van der Waals surface area contributed by atoms with Crippen LogP contribution in [0.4, 0.5) is 0 Å². The van der Waals surface area contributed by atoms with E-state index in [0.29, 0.717) is 54.2 Å². The largest absolute Gasteiger partial charge is 0.469 e. The molecule has 0 aliphatic carbocycles. The van der Waals surface area contributed by atoms with Crippen LogP contribution in [-0.4, -0.2) is 78.0 Å². The Kier molecular flexibility index (Phi) is 11.9. The highest BCUT2D eigenvalue weighted by Gasteiger charge is 2.29. The Morgan fingerprint density at radius 3 is 1.67 bits per heavy atom. The molecule has 4 atom stereocenters. The van der Waals surface area contributed by atoms with Gasteiger partial charge in [0.25, 0.3) is 0 Å². The molecule has 254 valence electrons. The Hall–Kier alpha value is -4.90. The SMILES string of the molecule is CC1CC(c2ccc(C#N)c3ncccc23)CN(CCC(N)=O)C1.COC(=O)CCN1CC(C)CC(c2ccc(C#N)c3ncccc23)C1. The van der Waals surface area contributed by atoms with E-state index in [0.717, 1.165) is 67.4 Å². The monoisotopic (exact) mass is 659 g/mol. The maximum atomic E-state index is 11.4. The molecule has 2 fully saturated rings. The summed E-state index contributed by atoms with van der Waals surface area (Å²) in [5.41, 5.74) is 10.6. The number of hydrogen-bond donors (Lipinski definition) is 1. The second-order valence-corrected chi connectivity index (χ2v) is 13.6. The van der Waals surface area contributed by atoms with Gasteiger partial charge in [-0.05, 0) is 71.9 Å². The number of carbonyl (C=O) groups is 2. The molecule has 2 aliphatic rings. The van der Waals surface area contributed by atoms with Gasteiger partial charge in [-0.2, -0.15) is 10.5 Å². The topological polar surface area (TPSA) is 149 Å². The van der Waals surface area contributed by atoms with Crippen molar-refractivity contribution in [2.24, 2.45) is 17.6 Å². The number of fused-ring (bicyclic) bond motifs is 2. The lowest BCUT2D eigenvalue weighted by atomic mass is 9.83. The molecule has 2 aromatic carbocycles. The van der Waals surface area contributed by atoms with Crippen molar-refractivity contribution in [3.63, 3.8) is 0 Å². The normalized spacial score (nSPS) is 21.2. The zero-order valence-electron chi connectivity index (χ0n) is 28.6. The van der Waals surface area contributed by atoms with Crippen molar-refractivity contribution in [3.8, 4) is 12.1 Å². The third-order valence-corrected chi connectivity index (χ3v) is 9.73. The van der Waals surface area contributed by atoms with Gasteiger partial charge in [0.15, 0.2) is 0 Å². The zero-order valence-corrected chi connectivity index (χ0v) is 28.6. The minimum absolute atomic E-state index is 0.164. The van der Waals surface area contributed by atoms with Crippen LogP contribution in [0.2, 0.25) is 0 Å². The molecule has 10 nitrogen and oxygen atoms in total. The van der Waals surface area contributed by atoms with Crippen LogP contribution in [0.3, 0.4) is 0 Å². The van der Waals surface area contributed by atoms with Gasteiger partial charge in [-0.15, -0.1) is 0 Å². The van der Waals surface area contributed by atoms with E-state index < -0.39 is 0 Å². The van der Waals surface area contributed by atoms with Crippen LogP contribution in [0, 0.1) is 34.5 Å². The first-order valence-corrected chi connectivity index (χ1v) is 17.1. The summed E-state index contributed by atoms with van der Waals surface area (Å²) in [4.78, 5) is 36.0. The summed E-state index contributed by atoms with van der Waals surface area (Å²) in [6.07, 6.45) is 6.49. The lowest BCUT2D eigenvalue weighted by molar-refractivity contribution is -0.141. The van der Waals surface area contributed by atoms with Gasteiger partial charge in [-0.3, -0.25) is 19.6 Å². The second kappa shape index (κ2) is 16.5. The number of methoxy groups -OCH3 is 1. The maximum Gasteiger partial charge on any atom is 0.306 e. The lowest BCUT2D eigenvalue weighted by Crippen LogP contribution is -2.40. The van der Waals surface area contributed by atoms with Crippen LogP contribution in [-0.2, 0) is 14.3 Å². The average Bonchev–Trinajstić information content (AvgIpc) is 3.11.